The Morgan fingerprint density at radius 1 is 0.811 bits per heavy atom. The maximum atomic E-state index is 12.6. The Bertz CT molecular complexity index is 994. The van der Waals surface area contributed by atoms with Crippen LogP contribution in [-0.2, 0) is 11.2 Å². The highest BCUT2D eigenvalue weighted by Gasteiger charge is 2.17. The number of methoxy groups -OCH3 is 4. The number of ether oxygens (including phenoxy) is 4. The summed E-state index contributed by atoms with van der Waals surface area (Å²) in [7, 11) is 6.58. The molecule has 0 radical (unpaired) electrons. The smallest absolute Gasteiger partial charge is 0.224 e. The quantitative estimate of drug-likeness (QED) is 0.454. The standard InChI is InChI=1S/C29H43N3O5/c1-21-17-24(34-3)18-22(2)28(21)30-27(33)9-7-11-31-12-8-13-32(16-15-31)14-10-23-19-25(35-4)29(37-6)26(20-23)36-5/h17-20H,7-16H2,1-6H3,(H,30,33). The minimum atomic E-state index is 0.0677. The zero-order valence-corrected chi connectivity index (χ0v) is 23.3. The summed E-state index contributed by atoms with van der Waals surface area (Å²) in [5.41, 5.74) is 4.10. The van der Waals surface area contributed by atoms with Crippen LogP contribution in [-0.4, -0.2) is 83.4 Å². The summed E-state index contributed by atoms with van der Waals surface area (Å²) in [6.07, 6.45) is 3.42. The zero-order valence-electron chi connectivity index (χ0n) is 23.3. The van der Waals surface area contributed by atoms with Crippen molar-refractivity contribution >= 4 is 11.6 Å². The van der Waals surface area contributed by atoms with Crippen LogP contribution in [0.5, 0.6) is 23.0 Å². The van der Waals surface area contributed by atoms with Gasteiger partial charge in [-0.2, -0.15) is 0 Å². The van der Waals surface area contributed by atoms with E-state index < -0.39 is 0 Å². The molecule has 1 amide bonds. The molecule has 0 bridgehead atoms. The number of anilines is 1. The van der Waals surface area contributed by atoms with E-state index in [0.717, 1.165) is 81.1 Å². The lowest BCUT2D eigenvalue weighted by atomic mass is 10.1. The average molecular weight is 514 g/mol. The monoisotopic (exact) mass is 513 g/mol. The molecule has 2 aromatic rings. The Labute approximate surface area is 221 Å². The molecule has 1 N–H and O–H groups in total. The van der Waals surface area contributed by atoms with Crippen molar-refractivity contribution in [3.63, 3.8) is 0 Å². The van der Waals surface area contributed by atoms with Crippen molar-refractivity contribution in [3.05, 3.63) is 41.0 Å². The van der Waals surface area contributed by atoms with Crippen LogP contribution < -0.4 is 24.3 Å². The minimum absolute atomic E-state index is 0.0677. The van der Waals surface area contributed by atoms with Gasteiger partial charge in [0, 0.05) is 31.7 Å². The summed E-state index contributed by atoms with van der Waals surface area (Å²) in [6.45, 7) is 10.1. The van der Waals surface area contributed by atoms with Crippen molar-refractivity contribution < 1.29 is 23.7 Å². The Kier molecular flexibility index (Phi) is 10.9. The Morgan fingerprint density at radius 3 is 1.95 bits per heavy atom. The first-order valence-electron chi connectivity index (χ1n) is 13.1. The van der Waals surface area contributed by atoms with E-state index in [1.807, 2.05) is 38.1 Å². The molecule has 0 spiro atoms. The maximum absolute atomic E-state index is 12.6. The van der Waals surface area contributed by atoms with Crippen molar-refractivity contribution in [2.24, 2.45) is 0 Å². The third-order valence-electron chi connectivity index (χ3n) is 7.01. The second-order valence-electron chi connectivity index (χ2n) is 9.61. The van der Waals surface area contributed by atoms with Crippen LogP contribution in [0.1, 0.15) is 36.0 Å². The van der Waals surface area contributed by atoms with Crippen LogP contribution >= 0.6 is 0 Å². The fourth-order valence-electron chi connectivity index (χ4n) is 4.94. The molecule has 1 aliphatic heterocycles. The largest absolute Gasteiger partial charge is 0.497 e. The van der Waals surface area contributed by atoms with E-state index in [0.29, 0.717) is 23.7 Å². The van der Waals surface area contributed by atoms with Crippen LogP contribution in [0.4, 0.5) is 5.69 Å². The summed E-state index contributed by atoms with van der Waals surface area (Å²) in [4.78, 5) is 17.6. The molecule has 0 saturated carbocycles. The van der Waals surface area contributed by atoms with E-state index in [1.54, 1.807) is 28.4 Å². The first kappa shape index (κ1) is 28.6. The molecule has 1 fully saturated rings. The number of rotatable bonds is 12. The van der Waals surface area contributed by atoms with Crippen LogP contribution in [0, 0.1) is 13.8 Å². The highest BCUT2D eigenvalue weighted by molar-refractivity contribution is 5.92. The van der Waals surface area contributed by atoms with Gasteiger partial charge in [-0.15, -0.1) is 0 Å². The summed E-state index contributed by atoms with van der Waals surface area (Å²) in [5.74, 6) is 2.90. The molecule has 1 heterocycles. The lowest BCUT2D eigenvalue weighted by Gasteiger charge is -2.22. The first-order valence-corrected chi connectivity index (χ1v) is 13.1. The van der Waals surface area contributed by atoms with Crippen LogP contribution in [0.15, 0.2) is 24.3 Å². The lowest BCUT2D eigenvalue weighted by Crippen LogP contribution is -2.32. The predicted molar refractivity (Wildman–Crippen MR) is 148 cm³/mol. The van der Waals surface area contributed by atoms with Gasteiger partial charge in [0.1, 0.15) is 5.75 Å². The van der Waals surface area contributed by atoms with Gasteiger partial charge in [0.25, 0.3) is 0 Å². The summed E-state index contributed by atoms with van der Waals surface area (Å²) >= 11 is 0. The number of benzene rings is 2. The SMILES string of the molecule is COc1cc(C)c(NC(=O)CCCN2CCCN(CCc3cc(OC)c(OC)c(OC)c3)CC2)c(C)c1. The van der Waals surface area contributed by atoms with Crippen molar-refractivity contribution in [2.45, 2.75) is 39.5 Å². The van der Waals surface area contributed by atoms with Crippen molar-refractivity contribution in [2.75, 3.05) is 73.0 Å². The second-order valence-corrected chi connectivity index (χ2v) is 9.61. The van der Waals surface area contributed by atoms with Crippen molar-refractivity contribution in [3.8, 4) is 23.0 Å². The van der Waals surface area contributed by atoms with Crippen molar-refractivity contribution in [1.29, 1.82) is 0 Å². The van der Waals surface area contributed by atoms with E-state index in [-0.39, 0.29) is 5.91 Å². The maximum Gasteiger partial charge on any atom is 0.224 e. The number of amides is 1. The normalized spacial score (nSPS) is 14.6. The number of hydrogen-bond donors (Lipinski definition) is 1. The minimum Gasteiger partial charge on any atom is -0.497 e. The summed E-state index contributed by atoms with van der Waals surface area (Å²) < 4.78 is 21.7. The molecule has 204 valence electrons. The van der Waals surface area contributed by atoms with Crippen molar-refractivity contribution in [1.82, 2.24) is 9.80 Å². The first-order chi connectivity index (χ1) is 17.9. The van der Waals surface area contributed by atoms with Crippen LogP contribution in [0.3, 0.4) is 0 Å². The highest BCUT2D eigenvalue weighted by atomic mass is 16.5. The molecule has 37 heavy (non-hydrogen) atoms. The fraction of sp³-hybridized carbons (Fsp3) is 0.552. The number of carbonyl (C=O) groups is 1. The van der Waals surface area contributed by atoms with E-state index in [2.05, 4.69) is 15.1 Å². The highest BCUT2D eigenvalue weighted by Crippen LogP contribution is 2.38. The molecule has 1 aliphatic rings. The number of hydrogen-bond acceptors (Lipinski definition) is 7. The van der Waals surface area contributed by atoms with E-state index in [9.17, 15) is 4.79 Å². The number of carbonyl (C=O) groups excluding carboxylic acids is 1. The molecular weight excluding hydrogens is 470 g/mol. The predicted octanol–water partition coefficient (Wildman–Crippen LogP) is 4.31. The third kappa shape index (κ3) is 8.01. The van der Waals surface area contributed by atoms with E-state index >= 15 is 0 Å². The fourth-order valence-corrected chi connectivity index (χ4v) is 4.94. The van der Waals surface area contributed by atoms with Gasteiger partial charge >= 0.3 is 0 Å². The van der Waals surface area contributed by atoms with E-state index in [4.69, 9.17) is 18.9 Å². The van der Waals surface area contributed by atoms with Gasteiger partial charge in [0.2, 0.25) is 11.7 Å². The van der Waals surface area contributed by atoms with Crippen LogP contribution in [0.25, 0.3) is 0 Å². The lowest BCUT2D eigenvalue weighted by molar-refractivity contribution is -0.116. The molecule has 8 heteroatoms. The molecule has 0 aromatic heterocycles. The molecule has 1 saturated heterocycles. The zero-order chi connectivity index (χ0) is 26.8. The topological polar surface area (TPSA) is 72.5 Å². The van der Waals surface area contributed by atoms with Gasteiger partial charge in [0.15, 0.2) is 11.5 Å². The molecule has 0 unspecified atom stereocenters. The van der Waals surface area contributed by atoms with Gasteiger partial charge in [-0.1, -0.05) is 0 Å². The van der Waals surface area contributed by atoms with Gasteiger partial charge in [-0.25, -0.2) is 0 Å². The van der Waals surface area contributed by atoms with Gasteiger partial charge in [0.05, 0.1) is 28.4 Å². The Hall–Kier alpha value is -2.97. The van der Waals surface area contributed by atoms with Gasteiger partial charge in [-0.05, 0) is 93.7 Å². The Morgan fingerprint density at radius 2 is 1.41 bits per heavy atom. The number of aryl methyl sites for hydroxylation is 2. The molecule has 8 nitrogen and oxygen atoms in total. The van der Waals surface area contributed by atoms with E-state index in [1.165, 1.54) is 5.56 Å². The molecule has 0 atom stereocenters. The van der Waals surface area contributed by atoms with Crippen LogP contribution in [0.2, 0.25) is 0 Å². The third-order valence-corrected chi connectivity index (χ3v) is 7.01. The Balaban J connectivity index is 1.43. The number of nitrogens with zero attached hydrogens (tertiary/aromatic N) is 2. The summed E-state index contributed by atoms with van der Waals surface area (Å²) in [6, 6.07) is 7.97. The second kappa shape index (κ2) is 14.1. The van der Waals surface area contributed by atoms with Gasteiger partial charge in [-0.3, -0.25) is 4.79 Å². The van der Waals surface area contributed by atoms with Gasteiger partial charge < -0.3 is 34.1 Å². The molecule has 0 aliphatic carbocycles. The molecule has 2 aromatic carbocycles. The molecular formula is C29H43N3O5. The molecule has 3 rings (SSSR count). The average Bonchev–Trinajstić information content (AvgIpc) is 3.13. The summed E-state index contributed by atoms with van der Waals surface area (Å²) in [5, 5.41) is 3.10. The number of nitrogens with one attached hydrogen (secondary N) is 1.